The average Bonchev–Trinajstić information content (AvgIpc) is 3.04. The second-order valence-electron chi connectivity index (χ2n) is 5.09. The lowest BCUT2D eigenvalue weighted by Crippen LogP contribution is -1.81. The highest BCUT2D eigenvalue weighted by Gasteiger charge is 2.10. The van der Waals surface area contributed by atoms with Gasteiger partial charge >= 0.3 is 0 Å². The normalized spacial score (nSPS) is 11.3. The van der Waals surface area contributed by atoms with Crippen molar-refractivity contribution in [2.75, 3.05) is 0 Å². The minimum atomic E-state index is 0.700. The van der Waals surface area contributed by atoms with Crippen molar-refractivity contribution in [2.45, 2.75) is 6.92 Å². The van der Waals surface area contributed by atoms with Gasteiger partial charge in [0.05, 0.1) is 15.9 Å². The number of aromatic nitrogens is 2. The van der Waals surface area contributed by atoms with Gasteiger partial charge in [-0.3, -0.25) is 9.20 Å². The highest BCUT2D eigenvalue weighted by atomic mass is 32.1. The van der Waals surface area contributed by atoms with Gasteiger partial charge in [-0.15, -0.1) is 0 Å². The Hall–Kier alpha value is -2.46. The molecule has 0 spiro atoms. The van der Waals surface area contributed by atoms with Crippen LogP contribution in [0.2, 0.25) is 0 Å². The number of nitrogens with zero attached hydrogens (tertiary/aromatic N) is 2. The predicted octanol–water partition coefficient (Wildman–Crippen LogP) is 4.34. The quantitative estimate of drug-likeness (QED) is 0.515. The van der Waals surface area contributed by atoms with Gasteiger partial charge in [0.1, 0.15) is 6.29 Å². The molecule has 2 aromatic heterocycles. The molecule has 3 nitrogen and oxygen atoms in total. The molecule has 0 aliphatic rings. The van der Waals surface area contributed by atoms with Gasteiger partial charge in [0, 0.05) is 17.3 Å². The van der Waals surface area contributed by atoms with E-state index in [9.17, 15) is 4.79 Å². The number of hydrogen-bond acceptors (Lipinski definition) is 3. The van der Waals surface area contributed by atoms with Gasteiger partial charge < -0.3 is 0 Å². The fraction of sp³-hybridized carbons (Fsp3) is 0.0588. The molecular formula is C17H12N2OS. The summed E-state index contributed by atoms with van der Waals surface area (Å²) in [4.78, 5) is 16.5. The molecular weight excluding hydrogens is 280 g/mol. The number of aldehydes is 1. The molecule has 102 valence electrons. The minimum absolute atomic E-state index is 0.700. The molecule has 0 aliphatic carbocycles. The van der Waals surface area contributed by atoms with Gasteiger partial charge in [0.25, 0.3) is 0 Å². The summed E-state index contributed by atoms with van der Waals surface area (Å²) in [5, 5.41) is 0. The molecule has 0 atom stereocenters. The van der Waals surface area contributed by atoms with Crippen LogP contribution in [0.4, 0.5) is 0 Å². The Balaban J connectivity index is 1.90. The lowest BCUT2D eigenvalue weighted by molar-refractivity contribution is 0.112. The van der Waals surface area contributed by atoms with Crippen molar-refractivity contribution < 1.29 is 4.79 Å². The molecule has 4 rings (SSSR count). The highest BCUT2D eigenvalue weighted by Crippen LogP contribution is 2.29. The van der Waals surface area contributed by atoms with E-state index in [1.807, 2.05) is 18.2 Å². The van der Waals surface area contributed by atoms with Crippen LogP contribution in [0.1, 0.15) is 15.9 Å². The second-order valence-corrected chi connectivity index (χ2v) is 6.10. The van der Waals surface area contributed by atoms with Crippen LogP contribution in [-0.2, 0) is 0 Å². The molecule has 0 aliphatic heterocycles. The number of imidazole rings is 1. The molecule has 0 radical (unpaired) electrons. The van der Waals surface area contributed by atoms with Crippen LogP contribution in [0.25, 0.3) is 26.4 Å². The van der Waals surface area contributed by atoms with E-state index in [0.717, 1.165) is 32.7 Å². The Morgan fingerprint density at radius 1 is 1.14 bits per heavy atom. The van der Waals surface area contributed by atoms with Crippen LogP contribution >= 0.6 is 11.3 Å². The maximum absolute atomic E-state index is 10.9. The predicted molar refractivity (Wildman–Crippen MR) is 86.1 cm³/mol. The standard InChI is InChI=1S/C17H12N2OS/c1-11-2-5-13(6-3-11)14-9-19-15-7-4-12(10-20)8-16(15)21-17(19)18-14/h2-10H,1H3. The third kappa shape index (κ3) is 1.96. The number of rotatable bonds is 2. The van der Waals surface area contributed by atoms with Crippen molar-refractivity contribution >= 4 is 32.8 Å². The van der Waals surface area contributed by atoms with Gasteiger partial charge in [-0.05, 0) is 25.1 Å². The minimum Gasteiger partial charge on any atom is -0.298 e. The summed E-state index contributed by atoms with van der Waals surface area (Å²) in [6, 6.07) is 14.1. The summed E-state index contributed by atoms with van der Waals surface area (Å²) in [6.45, 7) is 2.08. The van der Waals surface area contributed by atoms with Crippen molar-refractivity contribution in [1.82, 2.24) is 9.38 Å². The topological polar surface area (TPSA) is 34.4 Å². The summed E-state index contributed by atoms with van der Waals surface area (Å²) in [5.41, 5.74) is 5.13. The zero-order chi connectivity index (χ0) is 14.4. The number of benzene rings is 2. The number of aryl methyl sites for hydroxylation is 1. The maximum Gasteiger partial charge on any atom is 0.195 e. The average molecular weight is 292 g/mol. The van der Waals surface area contributed by atoms with Gasteiger partial charge in [-0.2, -0.15) is 0 Å². The maximum atomic E-state index is 10.9. The molecule has 0 bridgehead atoms. The molecule has 0 saturated carbocycles. The van der Waals surface area contributed by atoms with Crippen LogP contribution in [0.15, 0.2) is 48.7 Å². The second kappa shape index (κ2) is 4.53. The number of thiazole rings is 1. The highest BCUT2D eigenvalue weighted by molar-refractivity contribution is 7.23. The molecule has 0 amide bonds. The van der Waals surface area contributed by atoms with Gasteiger partial charge in [0.15, 0.2) is 4.96 Å². The molecule has 4 aromatic rings. The van der Waals surface area contributed by atoms with Crippen molar-refractivity contribution in [3.8, 4) is 11.3 Å². The third-order valence-electron chi connectivity index (χ3n) is 3.60. The van der Waals surface area contributed by atoms with Crippen molar-refractivity contribution in [3.05, 3.63) is 59.8 Å². The summed E-state index contributed by atoms with van der Waals surface area (Å²) < 4.78 is 3.17. The van der Waals surface area contributed by atoms with E-state index >= 15 is 0 Å². The van der Waals surface area contributed by atoms with Crippen molar-refractivity contribution in [3.63, 3.8) is 0 Å². The fourth-order valence-corrected chi connectivity index (χ4v) is 3.51. The summed E-state index contributed by atoms with van der Waals surface area (Å²) in [6.07, 6.45) is 2.93. The van der Waals surface area contributed by atoms with Crippen LogP contribution in [0.5, 0.6) is 0 Å². The molecule has 0 fully saturated rings. The van der Waals surface area contributed by atoms with Crippen LogP contribution in [0.3, 0.4) is 0 Å². The van der Waals surface area contributed by atoms with E-state index in [0.29, 0.717) is 5.56 Å². The first-order valence-electron chi connectivity index (χ1n) is 6.68. The summed E-state index contributed by atoms with van der Waals surface area (Å²) >= 11 is 1.60. The lowest BCUT2D eigenvalue weighted by atomic mass is 10.1. The van der Waals surface area contributed by atoms with E-state index < -0.39 is 0 Å². The van der Waals surface area contributed by atoms with Gasteiger partial charge in [-0.1, -0.05) is 41.2 Å². The SMILES string of the molecule is Cc1ccc(-c2cn3c(n2)sc2cc(C=O)ccc23)cc1. The Morgan fingerprint density at radius 3 is 2.71 bits per heavy atom. The lowest BCUT2D eigenvalue weighted by Gasteiger charge is -1.97. The Morgan fingerprint density at radius 2 is 1.95 bits per heavy atom. The first-order valence-corrected chi connectivity index (χ1v) is 7.50. The van der Waals surface area contributed by atoms with E-state index in [1.165, 1.54) is 5.56 Å². The van der Waals surface area contributed by atoms with Crippen LogP contribution in [0, 0.1) is 6.92 Å². The largest absolute Gasteiger partial charge is 0.298 e. The summed E-state index contributed by atoms with van der Waals surface area (Å²) in [7, 11) is 0. The smallest absolute Gasteiger partial charge is 0.195 e. The van der Waals surface area contributed by atoms with E-state index in [2.05, 4.69) is 41.8 Å². The molecule has 2 aromatic carbocycles. The zero-order valence-corrected chi connectivity index (χ0v) is 12.2. The van der Waals surface area contributed by atoms with Crippen LogP contribution in [-0.4, -0.2) is 15.7 Å². The Labute approximate surface area is 125 Å². The third-order valence-corrected chi connectivity index (χ3v) is 4.62. The Kier molecular flexibility index (Phi) is 2.65. The molecule has 2 heterocycles. The first kappa shape index (κ1) is 12.3. The monoisotopic (exact) mass is 292 g/mol. The molecule has 21 heavy (non-hydrogen) atoms. The fourth-order valence-electron chi connectivity index (χ4n) is 2.45. The van der Waals surface area contributed by atoms with Crippen molar-refractivity contribution in [1.29, 1.82) is 0 Å². The summed E-state index contributed by atoms with van der Waals surface area (Å²) in [5.74, 6) is 0. The number of carbonyl (C=O) groups is 1. The molecule has 4 heteroatoms. The first-order chi connectivity index (χ1) is 10.2. The molecule has 0 unspecified atom stereocenters. The number of carbonyl (C=O) groups excluding carboxylic acids is 1. The van der Waals surface area contributed by atoms with E-state index in [1.54, 1.807) is 11.3 Å². The number of hydrogen-bond donors (Lipinski definition) is 0. The van der Waals surface area contributed by atoms with Gasteiger partial charge in [-0.25, -0.2) is 4.98 Å². The zero-order valence-electron chi connectivity index (χ0n) is 11.4. The number of fused-ring (bicyclic) bond motifs is 3. The van der Waals surface area contributed by atoms with Crippen molar-refractivity contribution in [2.24, 2.45) is 0 Å². The molecule has 0 saturated heterocycles. The van der Waals surface area contributed by atoms with Crippen LogP contribution < -0.4 is 0 Å². The van der Waals surface area contributed by atoms with E-state index in [-0.39, 0.29) is 0 Å². The Bertz CT molecular complexity index is 964. The molecule has 0 N–H and O–H groups in total. The van der Waals surface area contributed by atoms with E-state index in [4.69, 9.17) is 4.98 Å². The van der Waals surface area contributed by atoms with Gasteiger partial charge in [0.2, 0.25) is 0 Å².